The third-order valence-corrected chi connectivity index (χ3v) is 3.74. The zero-order valence-corrected chi connectivity index (χ0v) is 11.8. The maximum atomic E-state index is 11.3. The topological polar surface area (TPSA) is 110 Å². The predicted octanol–water partition coefficient (Wildman–Crippen LogP) is 1.61. The van der Waals surface area contributed by atoms with Crippen LogP contribution in [0.2, 0.25) is 0 Å². The molecule has 1 aromatic heterocycles. The normalized spacial score (nSPS) is 14.8. The summed E-state index contributed by atoms with van der Waals surface area (Å²) in [6, 6.07) is 0. The van der Waals surface area contributed by atoms with Crippen molar-refractivity contribution in [2.45, 2.75) is 33.1 Å². The van der Waals surface area contributed by atoms with E-state index in [9.17, 15) is 10.1 Å². The van der Waals surface area contributed by atoms with Crippen molar-refractivity contribution in [2.24, 2.45) is 11.8 Å². The minimum Gasteiger partial charge on any atom is -0.351 e. The SMILES string of the molecule is CCN(CC1CCC1)c1nc(NN)nc(C)c1[N+](=O)[O-]. The third kappa shape index (κ3) is 2.79. The Morgan fingerprint density at radius 3 is 2.65 bits per heavy atom. The summed E-state index contributed by atoms with van der Waals surface area (Å²) in [5.41, 5.74) is 2.65. The highest BCUT2D eigenvalue weighted by Gasteiger charge is 2.28. The van der Waals surface area contributed by atoms with Crippen LogP contribution in [0.3, 0.4) is 0 Å². The molecule has 20 heavy (non-hydrogen) atoms. The van der Waals surface area contributed by atoms with Crippen LogP contribution in [-0.2, 0) is 0 Å². The lowest BCUT2D eigenvalue weighted by Crippen LogP contribution is -2.34. The summed E-state index contributed by atoms with van der Waals surface area (Å²) in [6.45, 7) is 5.02. The molecule has 0 saturated heterocycles. The summed E-state index contributed by atoms with van der Waals surface area (Å²) in [4.78, 5) is 21.0. The molecule has 0 amide bonds. The highest BCUT2D eigenvalue weighted by Crippen LogP contribution is 2.33. The quantitative estimate of drug-likeness (QED) is 0.462. The van der Waals surface area contributed by atoms with Crippen LogP contribution in [0.1, 0.15) is 31.9 Å². The van der Waals surface area contributed by atoms with Crippen LogP contribution in [0.15, 0.2) is 0 Å². The summed E-state index contributed by atoms with van der Waals surface area (Å²) in [5.74, 6) is 6.48. The molecule has 0 bridgehead atoms. The number of rotatable bonds is 6. The average molecular weight is 280 g/mol. The predicted molar refractivity (Wildman–Crippen MR) is 76.5 cm³/mol. The number of aryl methyl sites for hydroxylation is 1. The second kappa shape index (κ2) is 6.00. The number of nitrogens with two attached hydrogens (primary N) is 1. The van der Waals surface area contributed by atoms with Gasteiger partial charge in [0.15, 0.2) is 0 Å². The van der Waals surface area contributed by atoms with E-state index in [1.807, 2.05) is 11.8 Å². The summed E-state index contributed by atoms with van der Waals surface area (Å²) in [7, 11) is 0. The van der Waals surface area contributed by atoms with E-state index >= 15 is 0 Å². The van der Waals surface area contributed by atoms with Crippen molar-refractivity contribution in [1.29, 1.82) is 0 Å². The van der Waals surface area contributed by atoms with Gasteiger partial charge in [-0.3, -0.25) is 15.5 Å². The van der Waals surface area contributed by atoms with Gasteiger partial charge >= 0.3 is 5.69 Å². The van der Waals surface area contributed by atoms with Gasteiger partial charge in [0.05, 0.1) is 4.92 Å². The molecule has 2 rings (SSSR count). The van der Waals surface area contributed by atoms with Gasteiger partial charge in [-0.2, -0.15) is 4.98 Å². The first-order chi connectivity index (χ1) is 9.56. The van der Waals surface area contributed by atoms with Gasteiger partial charge in [-0.05, 0) is 32.6 Å². The lowest BCUT2D eigenvalue weighted by molar-refractivity contribution is -0.385. The van der Waals surface area contributed by atoms with Crippen molar-refractivity contribution in [1.82, 2.24) is 9.97 Å². The van der Waals surface area contributed by atoms with Crippen molar-refractivity contribution in [3.05, 3.63) is 15.8 Å². The zero-order valence-electron chi connectivity index (χ0n) is 11.8. The largest absolute Gasteiger partial charge is 0.351 e. The van der Waals surface area contributed by atoms with Gasteiger partial charge in [0.25, 0.3) is 0 Å². The first-order valence-corrected chi connectivity index (χ1v) is 6.81. The summed E-state index contributed by atoms with van der Waals surface area (Å²) in [5, 5.41) is 11.3. The third-order valence-electron chi connectivity index (χ3n) is 3.74. The summed E-state index contributed by atoms with van der Waals surface area (Å²) < 4.78 is 0. The molecule has 0 spiro atoms. The van der Waals surface area contributed by atoms with Crippen LogP contribution in [0, 0.1) is 23.0 Å². The Morgan fingerprint density at radius 2 is 2.20 bits per heavy atom. The second-order valence-corrected chi connectivity index (χ2v) is 5.04. The molecule has 110 valence electrons. The van der Waals surface area contributed by atoms with Crippen LogP contribution in [0.4, 0.5) is 17.5 Å². The maximum absolute atomic E-state index is 11.3. The van der Waals surface area contributed by atoms with E-state index in [1.54, 1.807) is 6.92 Å². The number of hydrazine groups is 1. The fraction of sp³-hybridized carbons (Fsp3) is 0.667. The molecule has 0 radical (unpaired) electrons. The number of anilines is 2. The molecule has 8 heteroatoms. The fourth-order valence-electron chi connectivity index (χ4n) is 2.40. The number of nitrogens with one attached hydrogen (secondary N) is 1. The molecule has 0 atom stereocenters. The number of hydrogen-bond acceptors (Lipinski definition) is 7. The summed E-state index contributed by atoms with van der Waals surface area (Å²) in [6.07, 6.45) is 3.59. The molecule has 0 aliphatic heterocycles. The van der Waals surface area contributed by atoms with Crippen LogP contribution in [-0.4, -0.2) is 28.0 Å². The van der Waals surface area contributed by atoms with Gasteiger partial charge in [0, 0.05) is 13.1 Å². The molecule has 1 aromatic rings. The molecule has 1 fully saturated rings. The number of nitrogens with zero attached hydrogens (tertiary/aromatic N) is 4. The van der Waals surface area contributed by atoms with E-state index in [2.05, 4.69) is 15.4 Å². The van der Waals surface area contributed by atoms with E-state index in [-0.39, 0.29) is 11.6 Å². The van der Waals surface area contributed by atoms with E-state index in [0.717, 1.165) is 6.54 Å². The molecule has 1 aliphatic carbocycles. The molecule has 0 aromatic carbocycles. The number of nitro groups is 1. The molecular formula is C12H20N6O2. The van der Waals surface area contributed by atoms with Crippen LogP contribution in [0.5, 0.6) is 0 Å². The smallest absolute Gasteiger partial charge is 0.332 e. The van der Waals surface area contributed by atoms with E-state index in [4.69, 9.17) is 5.84 Å². The average Bonchev–Trinajstić information content (AvgIpc) is 2.36. The Morgan fingerprint density at radius 1 is 1.50 bits per heavy atom. The summed E-state index contributed by atoms with van der Waals surface area (Å²) >= 11 is 0. The van der Waals surface area contributed by atoms with Crippen LogP contribution < -0.4 is 16.2 Å². The number of nitrogen functional groups attached to an aromatic ring is 1. The van der Waals surface area contributed by atoms with E-state index in [0.29, 0.717) is 24.0 Å². The van der Waals surface area contributed by atoms with Crippen LogP contribution >= 0.6 is 0 Å². The standard InChI is InChI=1S/C12H20N6O2/c1-3-17(7-9-5-4-6-9)11-10(18(19)20)8(2)14-12(15-11)16-13/h9H,3-7,13H2,1-2H3,(H,14,15,16). The molecule has 0 unspecified atom stereocenters. The minimum atomic E-state index is -0.422. The fourth-order valence-corrected chi connectivity index (χ4v) is 2.40. The van der Waals surface area contributed by atoms with E-state index < -0.39 is 4.92 Å². The lowest BCUT2D eigenvalue weighted by atomic mass is 9.85. The highest BCUT2D eigenvalue weighted by atomic mass is 16.6. The first kappa shape index (κ1) is 14.4. The Balaban J connectivity index is 2.39. The Kier molecular flexibility index (Phi) is 4.33. The molecule has 8 nitrogen and oxygen atoms in total. The maximum Gasteiger partial charge on any atom is 0.332 e. The first-order valence-electron chi connectivity index (χ1n) is 6.81. The van der Waals surface area contributed by atoms with Gasteiger partial charge in [-0.1, -0.05) is 6.42 Å². The molecule has 1 saturated carbocycles. The van der Waals surface area contributed by atoms with Gasteiger partial charge in [0.2, 0.25) is 11.8 Å². The molecule has 1 aliphatic rings. The lowest BCUT2D eigenvalue weighted by Gasteiger charge is -2.32. The van der Waals surface area contributed by atoms with Gasteiger partial charge in [0.1, 0.15) is 5.69 Å². The Labute approximate surface area is 117 Å². The second-order valence-electron chi connectivity index (χ2n) is 5.04. The van der Waals surface area contributed by atoms with Crippen molar-refractivity contribution >= 4 is 17.5 Å². The van der Waals surface area contributed by atoms with Crippen molar-refractivity contribution < 1.29 is 4.92 Å². The highest BCUT2D eigenvalue weighted by molar-refractivity contribution is 5.62. The Hall–Kier alpha value is -1.96. The van der Waals surface area contributed by atoms with Gasteiger partial charge in [-0.25, -0.2) is 10.8 Å². The molecule has 1 heterocycles. The zero-order chi connectivity index (χ0) is 14.7. The molecular weight excluding hydrogens is 260 g/mol. The minimum absolute atomic E-state index is 0.0369. The Bertz CT molecular complexity index is 503. The number of aromatic nitrogens is 2. The van der Waals surface area contributed by atoms with Gasteiger partial charge in [-0.15, -0.1) is 0 Å². The van der Waals surface area contributed by atoms with Crippen molar-refractivity contribution in [3.8, 4) is 0 Å². The monoisotopic (exact) mass is 280 g/mol. The van der Waals surface area contributed by atoms with Gasteiger partial charge < -0.3 is 4.90 Å². The van der Waals surface area contributed by atoms with Crippen LogP contribution in [0.25, 0.3) is 0 Å². The number of hydrogen-bond donors (Lipinski definition) is 2. The van der Waals surface area contributed by atoms with Crippen molar-refractivity contribution in [2.75, 3.05) is 23.4 Å². The molecule has 3 N–H and O–H groups in total. The van der Waals surface area contributed by atoms with Crippen molar-refractivity contribution in [3.63, 3.8) is 0 Å². The van der Waals surface area contributed by atoms with E-state index in [1.165, 1.54) is 19.3 Å².